The Labute approximate surface area is 85.6 Å². The molecule has 84 valence electrons. The second-order valence-electron chi connectivity index (χ2n) is 4.08. The molecule has 2 atom stereocenters. The second kappa shape index (κ2) is 5.07. The maximum Gasteiger partial charge on any atom is 0.165 e. The summed E-state index contributed by atoms with van der Waals surface area (Å²) < 4.78 is 11.1. The van der Waals surface area contributed by atoms with Crippen LogP contribution >= 0.6 is 0 Å². The highest BCUT2D eigenvalue weighted by molar-refractivity contribution is 4.79. The number of ether oxygens (including phenoxy) is 2. The second-order valence-corrected chi connectivity index (χ2v) is 4.08. The molecule has 1 heterocycles. The molecule has 0 amide bonds. The van der Waals surface area contributed by atoms with Gasteiger partial charge < -0.3 is 14.6 Å². The van der Waals surface area contributed by atoms with Crippen molar-refractivity contribution in [1.82, 2.24) is 5.32 Å². The van der Waals surface area contributed by atoms with Crippen LogP contribution in [0, 0.1) is 0 Å². The molecule has 14 heavy (non-hydrogen) atoms. The van der Waals surface area contributed by atoms with Crippen molar-refractivity contribution in [2.75, 3.05) is 13.2 Å². The summed E-state index contributed by atoms with van der Waals surface area (Å²) in [5.41, 5.74) is 0. The molecule has 1 fully saturated rings. The van der Waals surface area contributed by atoms with Crippen LogP contribution in [0.15, 0.2) is 0 Å². The van der Waals surface area contributed by atoms with Crippen LogP contribution in [-0.2, 0) is 9.47 Å². The van der Waals surface area contributed by atoms with E-state index < -0.39 is 5.79 Å². The van der Waals surface area contributed by atoms with Gasteiger partial charge in [-0.3, -0.25) is 5.32 Å². The maximum atomic E-state index is 9.08. The van der Waals surface area contributed by atoms with Crippen LogP contribution in [0.1, 0.15) is 33.6 Å². The van der Waals surface area contributed by atoms with Crippen molar-refractivity contribution in [3.8, 4) is 0 Å². The Morgan fingerprint density at radius 2 is 2.07 bits per heavy atom. The number of unbranched alkanes of at least 4 members (excludes halogenated alkanes) is 1. The third-order valence-corrected chi connectivity index (χ3v) is 2.24. The molecule has 0 radical (unpaired) electrons. The lowest BCUT2D eigenvalue weighted by Crippen LogP contribution is -2.40. The molecule has 0 saturated carbocycles. The maximum absolute atomic E-state index is 9.08. The summed E-state index contributed by atoms with van der Waals surface area (Å²) in [4.78, 5) is 0. The third-order valence-electron chi connectivity index (χ3n) is 2.24. The highest BCUT2D eigenvalue weighted by Gasteiger charge is 2.40. The Bertz CT molecular complexity index is 173. The van der Waals surface area contributed by atoms with Crippen LogP contribution in [0.25, 0.3) is 0 Å². The van der Waals surface area contributed by atoms with Crippen molar-refractivity contribution in [1.29, 1.82) is 0 Å². The molecule has 1 rings (SSSR count). The Kier molecular flexibility index (Phi) is 4.31. The minimum Gasteiger partial charge on any atom is -0.394 e. The van der Waals surface area contributed by atoms with Crippen LogP contribution in [-0.4, -0.2) is 36.4 Å². The Morgan fingerprint density at radius 1 is 1.36 bits per heavy atom. The number of aliphatic hydroxyl groups is 1. The van der Waals surface area contributed by atoms with Gasteiger partial charge in [-0.1, -0.05) is 13.3 Å². The van der Waals surface area contributed by atoms with Gasteiger partial charge in [-0.25, -0.2) is 0 Å². The molecule has 0 aromatic carbocycles. The lowest BCUT2D eigenvalue weighted by Gasteiger charge is -2.17. The van der Waals surface area contributed by atoms with E-state index in [4.69, 9.17) is 14.6 Å². The van der Waals surface area contributed by atoms with Gasteiger partial charge in [-0.15, -0.1) is 0 Å². The summed E-state index contributed by atoms with van der Waals surface area (Å²) in [6.45, 7) is 6.75. The van der Waals surface area contributed by atoms with E-state index in [0.717, 1.165) is 19.4 Å². The molecule has 1 unspecified atom stereocenters. The van der Waals surface area contributed by atoms with Crippen molar-refractivity contribution in [3.63, 3.8) is 0 Å². The van der Waals surface area contributed by atoms with Gasteiger partial charge >= 0.3 is 0 Å². The zero-order chi connectivity index (χ0) is 10.6. The molecule has 1 aliphatic rings. The summed E-state index contributed by atoms with van der Waals surface area (Å²) in [6, 6.07) is 0. The topological polar surface area (TPSA) is 50.7 Å². The van der Waals surface area contributed by atoms with E-state index >= 15 is 0 Å². The molecule has 0 spiro atoms. The average molecular weight is 203 g/mol. The fourth-order valence-electron chi connectivity index (χ4n) is 1.56. The summed E-state index contributed by atoms with van der Waals surface area (Å²) in [5, 5.41) is 12.3. The summed E-state index contributed by atoms with van der Waals surface area (Å²) in [5.74, 6) is -0.586. The minimum atomic E-state index is -0.586. The predicted molar refractivity (Wildman–Crippen MR) is 53.8 cm³/mol. The zero-order valence-corrected chi connectivity index (χ0v) is 9.25. The normalized spacial score (nSPS) is 30.9. The zero-order valence-electron chi connectivity index (χ0n) is 9.25. The first-order valence-corrected chi connectivity index (χ1v) is 5.29. The Balaban J connectivity index is 2.35. The standard InChI is InChI=1S/C10H21NO3/c1-4-5-6-11-9-8(7-12)13-10(2,3)14-9/h8-9,11-12H,4-7H2,1-3H3/t8-,9?/m0/s1. The van der Waals surface area contributed by atoms with Crippen LogP contribution in [0.4, 0.5) is 0 Å². The Morgan fingerprint density at radius 3 is 2.64 bits per heavy atom. The van der Waals surface area contributed by atoms with E-state index in [0.29, 0.717) is 0 Å². The number of hydrogen-bond donors (Lipinski definition) is 2. The van der Waals surface area contributed by atoms with Gasteiger partial charge in [0.1, 0.15) is 12.3 Å². The smallest absolute Gasteiger partial charge is 0.165 e. The van der Waals surface area contributed by atoms with E-state index in [9.17, 15) is 0 Å². The van der Waals surface area contributed by atoms with Gasteiger partial charge in [0.05, 0.1) is 6.61 Å². The molecule has 0 bridgehead atoms. The fraction of sp³-hybridized carbons (Fsp3) is 1.00. The van der Waals surface area contributed by atoms with Crippen molar-refractivity contribution in [2.24, 2.45) is 0 Å². The molecule has 2 N–H and O–H groups in total. The molecule has 4 nitrogen and oxygen atoms in total. The number of aliphatic hydroxyl groups excluding tert-OH is 1. The first-order valence-electron chi connectivity index (χ1n) is 5.29. The highest BCUT2D eigenvalue weighted by Crippen LogP contribution is 2.26. The van der Waals surface area contributed by atoms with E-state index in [1.54, 1.807) is 0 Å². The summed E-state index contributed by atoms with van der Waals surface area (Å²) >= 11 is 0. The lowest BCUT2D eigenvalue weighted by molar-refractivity contribution is -0.151. The van der Waals surface area contributed by atoms with Crippen LogP contribution in [0.5, 0.6) is 0 Å². The van der Waals surface area contributed by atoms with Gasteiger partial charge in [-0.2, -0.15) is 0 Å². The monoisotopic (exact) mass is 203 g/mol. The van der Waals surface area contributed by atoms with E-state index in [1.165, 1.54) is 0 Å². The molecule has 0 aromatic rings. The largest absolute Gasteiger partial charge is 0.394 e. The molecule has 1 aliphatic heterocycles. The molecular weight excluding hydrogens is 182 g/mol. The molecular formula is C10H21NO3. The first-order chi connectivity index (χ1) is 6.59. The summed E-state index contributed by atoms with van der Waals surface area (Å²) in [6.07, 6.45) is 1.83. The van der Waals surface area contributed by atoms with Gasteiger partial charge in [0, 0.05) is 0 Å². The van der Waals surface area contributed by atoms with Crippen molar-refractivity contribution < 1.29 is 14.6 Å². The SMILES string of the molecule is CCCCNC1OC(C)(C)O[C@H]1CO. The number of nitrogens with one attached hydrogen (secondary N) is 1. The van der Waals surface area contributed by atoms with Gasteiger partial charge in [-0.05, 0) is 26.8 Å². The molecule has 0 aromatic heterocycles. The first kappa shape index (κ1) is 11.9. The molecule has 1 saturated heterocycles. The average Bonchev–Trinajstić information content (AvgIpc) is 2.41. The van der Waals surface area contributed by atoms with Crippen molar-refractivity contribution in [2.45, 2.75) is 51.7 Å². The van der Waals surface area contributed by atoms with Crippen LogP contribution in [0.3, 0.4) is 0 Å². The third kappa shape index (κ3) is 3.20. The minimum absolute atomic E-state index is 0.00672. The van der Waals surface area contributed by atoms with E-state index in [-0.39, 0.29) is 18.9 Å². The highest BCUT2D eigenvalue weighted by atomic mass is 16.8. The van der Waals surface area contributed by atoms with Crippen LogP contribution in [0.2, 0.25) is 0 Å². The number of hydrogen-bond acceptors (Lipinski definition) is 4. The van der Waals surface area contributed by atoms with Gasteiger partial charge in [0.25, 0.3) is 0 Å². The number of rotatable bonds is 5. The van der Waals surface area contributed by atoms with Crippen molar-refractivity contribution >= 4 is 0 Å². The predicted octanol–water partition coefficient (Wildman–Crippen LogP) is 0.846. The lowest BCUT2D eigenvalue weighted by atomic mass is 10.3. The van der Waals surface area contributed by atoms with Crippen LogP contribution < -0.4 is 5.32 Å². The molecule has 4 heteroatoms. The quantitative estimate of drug-likeness (QED) is 0.650. The van der Waals surface area contributed by atoms with E-state index in [2.05, 4.69) is 12.2 Å². The van der Waals surface area contributed by atoms with Gasteiger partial charge in [0.15, 0.2) is 5.79 Å². The summed E-state index contributed by atoms with van der Waals surface area (Å²) in [7, 11) is 0. The Hall–Kier alpha value is -0.160. The fourth-order valence-corrected chi connectivity index (χ4v) is 1.56. The molecule has 0 aliphatic carbocycles. The van der Waals surface area contributed by atoms with Gasteiger partial charge in [0.2, 0.25) is 0 Å². The van der Waals surface area contributed by atoms with Crippen molar-refractivity contribution in [3.05, 3.63) is 0 Å². The van der Waals surface area contributed by atoms with E-state index in [1.807, 2.05) is 13.8 Å².